The van der Waals surface area contributed by atoms with Gasteiger partial charge >= 0.3 is 5.97 Å². The van der Waals surface area contributed by atoms with E-state index in [9.17, 15) is 14.4 Å². The summed E-state index contributed by atoms with van der Waals surface area (Å²) in [6.45, 7) is 1.71. The van der Waals surface area contributed by atoms with Crippen LogP contribution in [0.15, 0.2) is 41.1 Å². The van der Waals surface area contributed by atoms with Crippen LogP contribution >= 0.6 is 23.4 Å². The first-order valence-corrected chi connectivity index (χ1v) is 8.80. The van der Waals surface area contributed by atoms with E-state index in [-0.39, 0.29) is 22.0 Å². The number of halogens is 1. The Bertz CT molecular complexity index is 722. The summed E-state index contributed by atoms with van der Waals surface area (Å²) in [5, 5.41) is 0.168. The van der Waals surface area contributed by atoms with Crippen LogP contribution in [0.25, 0.3) is 0 Å². The second-order valence-electron chi connectivity index (χ2n) is 5.48. The Morgan fingerprint density at radius 1 is 1.38 bits per heavy atom. The molecule has 0 radical (unpaired) electrons. The first-order chi connectivity index (χ1) is 11.5. The summed E-state index contributed by atoms with van der Waals surface area (Å²) in [7, 11) is 0. The molecule has 1 fully saturated rings. The van der Waals surface area contributed by atoms with E-state index < -0.39 is 17.8 Å². The largest absolute Gasteiger partial charge is 0.380 e. The monoisotopic (exact) mass is 366 g/mol. The maximum Gasteiger partial charge on any atom is 0.380 e. The number of benzene rings is 1. The van der Waals surface area contributed by atoms with Crippen LogP contribution in [0.4, 0.5) is 0 Å². The molecule has 0 spiro atoms. The van der Waals surface area contributed by atoms with E-state index in [0.717, 1.165) is 5.56 Å². The van der Waals surface area contributed by atoms with Gasteiger partial charge in [-0.25, -0.2) is 4.79 Å². The minimum atomic E-state index is -0.827. The number of fused-ring (bicyclic) bond motifs is 1. The molecular formula is C16H15ClN2O4S. The summed E-state index contributed by atoms with van der Waals surface area (Å²) >= 11 is 7.55. The molecular weight excluding hydrogens is 352 g/mol. The van der Waals surface area contributed by atoms with Gasteiger partial charge in [0.25, 0.3) is 5.91 Å². The lowest BCUT2D eigenvalue weighted by Crippen LogP contribution is -2.54. The number of amides is 2. The van der Waals surface area contributed by atoms with Crippen molar-refractivity contribution in [3.8, 4) is 0 Å². The Labute approximate surface area is 148 Å². The zero-order chi connectivity index (χ0) is 17.3. The number of nitrogens with zero attached hydrogens (tertiary/aromatic N) is 1. The highest BCUT2D eigenvalue weighted by molar-refractivity contribution is 8.00. The predicted molar refractivity (Wildman–Crippen MR) is 89.7 cm³/mol. The molecule has 2 aliphatic heterocycles. The van der Waals surface area contributed by atoms with Crippen molar-refractivity contribution in [2.45, 2.75) is 24.6 Å². The number of rotatable bonds is 3. The van der Waals surface area contributed by atoms with Crippen molar-refractivity contribution in [1.29, 1.82) is 0 Å². The van der Waals surface area contributed by atoms with Crippen molar-refractivity contribution in [2.24, 2.45) is 0 Å². The highest BCUT2D eigenvalue weighted by Gasteiger charge is 2.45. The van der Waals surface area contributed by atoms with Crippen molar-refractivity contribution in [1.82, 2.24) is 10.4 Å². The third-order valence-corrected chi connectivity index (χ3v) is 5.63. The van der Waals surface area contributed by atoms with E-state index >= 15 is 0 Å². The molecule has 126 valence electrons. The van der Waals surface area contributed by atoms with Crippen LogP contribution in [-0.4, -0.2) is 33.8 Å². The second-order valence-corrected chi connectivity index (χ2v) is 7.10. The number of nitrogens with one attached hydrogen (secondary N) is 1. The van der Waals surface area contributed by atoms with Gasteiger partial charge in [0, 0.05) is 5.75 Å². The average Bonchev–Trinajstić information content (AvgIpc) is 2.59. The van der Waals surface area contributed by atoms with Gasteiger partial charge < -0.3 is 4.84 Å². The molecule has 2 aliphatic rings. The summed E-state index contributed by atoms with van der Waals surface area (Å²) in [5.74, 6) is -1.51. The molecule has 1 N–H and O–H groups in total. The SMILES string of the molecule is CC(C(=O)NOC(=O)C1=C(Cl)CS[C@H]2CC(=O)N12)c1ccccc1. The van der Waals surface area contributed by atoms with Crippen LogP contribution in [0.1, 0.15) is 24.8 Å². The molecule has 2 atom stereocenters. The molecule has 0 aromatic heterocycles. The Balaban J connectivity index is 1.63. The number of hydrogen-bond acceptors (Lipinski definition) is 5. The number of thioether (sulfide) groups is 1. The number of hydrogen-bond donors (Lipinski definition) is 1. The summed E-state index contributed by atoms with van der Waals surface area (Å²) in [6, 6.07) is 9.13. The normalized spacial score (nSPS) is 20.8. The fourth-order valence-corrected chi connectivity index (χ4v) is 3.96. The van der Waals surface area contributed by atoms with Gasteiger partial charge in [0.2, 0.25) is 5.91 Å². The third kappa shape index (κ3) is 3.14. The van der Waals surface area contributed by atoms with Gasteiger partial charge in [-0.2, -0.15) is 5.48 Å². The van der Waals surface area contributed by atoms with Gasteiger partial charge in [0.05, 0.1) is 22.7 Å². The third-order valence-electron chi connectivity index (χ3n) is 3.94. The molecule has 24 heavy (non-hydrogen) atoms. The standard InChI is InChI=1S/C16H15ClN2O4S/c1-9(10-5-3-2-4-6-10)15(21)18-23-16(22)14-11(17)8-24-13-7-12(20)19(13)14/h2-6,9,13H,7-8H2,1H3,(H,18,21)/t9?,13-/m0/s1. The molecule has 1 saturated heterocycles. The van der Waals surface area contributed by atoms with E-state index in [1.807, 2.05) is 30.3 Å². The van der Waals surface area contributed by atoms with Crippen LogP contribution in [0.5, 0.6) is 0 Å². The number of β-lactam (4-membered cyclic amide) rings is 1. The summed E-state index contributed by atoms with van der Waals surface area (Å²) < 4.78 is 0. The summed E-state index contributed by atoms with van der Waals surface area (Å²) in [5.41, 5.74) is 2.97. The van der Waals surface area contributed by atoms with Crippen LogP contribution < -0.4 is 5.48 Å². The fourth-order valence-electron chi connectivity index (χ4n) is 2.49. The molecule has 1 unspecified atom stereocenters. The lowest BCUT2D eigenvalue weighted by Gasteiger charge is -2.43. The number of carbonyl (C=O) groups is 3. The van der Waals surface area contributed by atoms with E-state index in [4.69, 9.17) is 16.4 Å². The van der Waals surface area contributed by atoms with E-state index in [1.165, 1.54) is 16.7 Å². The Hall–Kier alpha value is -1.99. The van der Waals surface area contributed by atoms with Crippen LogP contribution in [0.2, 0.25) is 0 Å². The first kappa shape index (κ1) is 16.9. The highest BCUT2D eigenvalue weighted by Crippen LogP contribution is 2.41. The highest BCUT2D eigenvalue weighted by atomic mass is 35.5. The predicted octanol–water partition coefficient (Wildman–Crippen LogP) is 2.12. The quantitative estimate of drug-likeness (QED) is 0.655. The maximum atomic E-state index is 12.2. The van der Waals surface area contributed by atoms with Crippen molar-refractivity contribution in [3.05, 3.63) is 46.6 Å². The summed E-state index contributed by atoms with van der Waals surface area (Å²) in [4.78, 5) is 42.2. The number of carbonyl (C=O) groups excluding carboxylic acids is 3. The van der Waals surface area contributed by atoms with Crippen molar-refractivity contribution in [2.75, 3.05) is 5.75 Å². The molecule has 0 aliphatic carbocycles. The van der Waals surface area contributed by atoms with Crippen LogP contribution in [0.3, 0.4) is 0 Å². The molecule has 1 aromatic carbocycles. The van der Waals surface area contributed by atoms with Gasteiger partial charge in [-0.15, -0.1) is 11.8 Å². The van der Waals surface area contributed by atoms with Gasteiger partial charge in [-0.3, -0.25) is 14.5 Å². The molecule has 1 aromatic rings. The lowest BCUT2D eigenvalue weighted by molar-refractivity contribution is -0.159. The van der Waals surface area contributed by atoms with Gasteiger partial charge in [-0.05, 0) is 12.5 Å². The average molecular weight is 367 g/mol. The second kappa shape index (κ2) is 6.86. The van der Waals surface area contributed by atoms with Crippen molar-refractivity contribution >= 4 is 41.1 Å². The molecule has 8 heteroatoms. The van der Waals surface area contributed by atoms with Crippen LogP contribution in [-0.2, 0) is 19.2 Å². The van der Waals surface area contributed by atoms with Crippen molar-refractivity contribution in [3.63, 3.8) is 0 Å². The molecule has 2 amide bonds. The molecule has 0 saturated carbocycles. The zero-order valence-electron chi connectivity index (χ0n) is 12.8. The zero-order valence-corrected chi connectivity index (χ0v) is 14.4. The van der Waals surface area contributed by atoms with E-state index in [0.29, 0.717) is 12.2 Å². The molecule has 6 nitrogen and oxygen atoms in total. The Morgan fingerprint density at radius 2 is 2.08 bits per heavy atom. The first-order valence-electron chi connectivity index (χ1n) is 7.37. The van der Waals surface area contributed by atoms with Gasteiger partial charge in [0.1, 0.15) is 5.70 Å². The molecule has 3 rings (SSSR count). The Morgan fingerprint density at radius 3 is 2.75 bits per heavy atom. The molecule has 0 bridgehead atoms. The maximum absolute atomic E-state index is 12.2. The minimum Gasteiger partial charge on any atom is -0.334 e. The van der Waals surface area contributed by atoms with Gasteiger partial charge in [0.15, 0.2) is 0 Å². The van der Waals surface area contributed by atoms with E-state index in [2.05, 4.69) is 5.48 Å². The molecule has 2 heterocycles. The smallest absolute Gasteiger partial charge is 0.334 e. The Kier molecular flexibility index (Phi) is 4.82. The number of hydroxylamine groups is 1. The van der Waals surface area contributed by atoms with E-state index in [1.54, 1.807) is 6.92 Å². The van der Waals surface area contributed by atoms with Crippen molar-refractivity contribution < 1.29 is 19.2 Å². The van der Waals surface area contributed by atoms with Gasteiger partial charge in [-0.1, -0.05) is 41.9 Å². The summed E-state index contributed by atoms with van der Waals surface area (Å²) in [6.07, 6.45) is 0.378. The lowest BCUT2D eigenvalue weighted by atomic mass is 10.0. The topological polar surface area (TPSA) is 75.7 Å². The fraction of sp³-hybridized carbons (Fsp3) is 0.312. The minimum absolute atomic E-state index is 0.0179. The van der Waals surface area contributed by atoms with Crippen LogP contribution in [0, 0.1) is 0 Å².